The summed E-state index contributed by atoms with van der Waals surface area (Å²) in [5, 5.41) is 2.85. The first-order chi connectivity index (χ1) is 9.76. The van der Waals surface area contributed by atoms with E-state index in [1.54, 1.807) is 0 Å². The highest BCUT2D eigenvalue weighted by atomic mass is 35.5. The zero-order valence-electron chi connectivity index (χ0n) is 12.2. The summed E-state index contributed by atoms with van der Waals surface area (Å²) in [6.45, 7) is 3.58. The van der Waals surface area contributed by atoms with Crippen molar-refractivity contribution in [2.24, 2.45) is 0 Å². The van der Waals surface area contributed by atoms with E-state index in [-0.39, 0.29) is 5.91 Å². The summed E-state index contributed by atoms with van der Waals surface area (Å²) in [7, 11) is 0. The van der Waals surface area contributed by atoms with Gasteiger partial charge in [-0.1, -0.05) is 31.9 Å². The molecule has 0 saturated carbocycles. The van der Waals surface area contributed by atoms with Gasteiger partial charge in [-0.2, -0.15) is 0 Å². The predicted octanol–water partition coefficient (Wildman–Crippen LogP) is 3.54. The fourth-order valence-electron chi connectivity index (χ4n) is 1.85. The van der Waals surface area contributed by atoms with Crippen LogP contribution in [0.3, 0.4) is 0 Å². The van der Waals surface area contributed by atoms with Crippen LogP contribution in [0.1, 0.15) is 38.2 Å². The molecule has 0 saturated heterocycles. The number of rotatable bonds is 10. The van der Waals surface area contributed by atoms with Gasteiger partial charge in [0.25, 0.3) is 0 Å². The Bertz CT molecular complexity index is 396. The van der Waals surface area contributed by atoms with Crippen LogP contribution in [0, 0.1) is 0 Å². The third kappa shape index (κ3) is 7.39. The molecular formula is C16H24ClNO2. The number of ether oxygens (including phenoxy) is 1. The van der Waals surface area contributed by atoms with E-state index in [1.807, 2.05) is 24.3 Å². The maximum atomic E-state index is 11.3. The van der Waals surface area contributed by atoms with Gasteiger partial charge < -0.3 is 10.1 Å². The quantitative estimate of drug-likeness (QED) is 0.530. The molecule has 1 rings (SSSR count). The van der Waals surface area contributed by atoms with Crippen molar-refractivity contribution in [1.82, 2.24) is 5.32 Å². The van der Waals surface area contributed by atoms with Crippen LogP contribution in [-0.4, -0.2) is 24.9 Å². The second-order valence-corrected chi connectivity index (χ2v) is 5.12. The maximum Gasteiger partial charge on any atom is 0.221 e. The lowest BCUT2D eigenvalue weighted by atomic mass is 10.1. The molecule has 0 aliphatic heterocycles. The van der Waals surface area contributed by atoms with E-state index in [0.29, 0.717) is 18.8 Å². The van der Waals surface area contributed by atoms with Gasteiger partial charge in [-0.05, 0) is 30.5 Å². The Balaban J connectivity index is 2.30. The molecule has 0 aliphatic rings. The zero-order valence-corrected chi connectivity index (χ0v) is 12.9. The van der Waals surface area contributed by atoms with Gasteiger partial charge in [0.15, 0.2) is 0 Å². The Hall–Kier alpha value is -1.22. The van der Waals surface area contributed by atoms with Gasteiger partial charge in [0.2, 0.25) is 5.91 Å². The van der Waals surface area contributed by atoms with E-state index < -0.39 is 0 Å². The normalized spacial score (nSPS) is 10.3. The number of halogens is 1. The number of unbranched alkanes of at least 4 members (excludes halogenated alkanes) is 2. The Kier molecular flexibility index (Phi) is 8.88. The molecular weight excluding hydrogens is 274 g/mol. The molecule has 1 aromatic rings. The Labute approximate surface area is 126 Å². The highest BCUT2D eigenvalue weighted by molar-refractivity contribution is 6.18. The Morgan fingerprint density at radius 3 is 2.95 bits per heavy atom. The first-order valence-corrected chi connectivity index (χ1v) is 7.84. The number of hydrogen-bond donors (Lipinski definition) is 1. The molecule has 0 bridgehead atoms. The molecule has 0 radical (unpaired) electrons. The van der Waals surface area contributed by atoms with Crippen molar-refractivity contribution in [2.45, 2.75) is 39.0 Å². The standard InChI is InChI=1S/C16H24ClNO2/c1-2-3-4-12-20-15-7-5-6-14(13-15)9-11-18-16(19)8-10-17/h5-7,13H,2-4,8-12H2,1H3,(H,18,19). The second-order valence-electron chi connectivity index (χ2n) is 4.74. The zero-order chi connectivity index (χ0) is 14.6. The minimum Gasteiger partial charge on any atom is -0.494 e. The summed E-state index contributed by atoms with van der Waals surface area (Å²) in [5.74, 6) is 1.28. The van der Waals surface area contributed by atoms with Crippen molar-refractivity contribution in [3.8, 4) is 5.75 Å². The summed E-state index contributed by atoms with van der Waals surface area (Å²) in [6, 6.07) is 8.05. The predicted molar refractivity (Wildman–Crippen MR) is 83.5 cm³/mol. The highest BCUT2D eigenvalue weighted by Gasteiger charge is 2.01. The lowest BCUT2D eigenvalue weighted by Gasteiger charge is -2.08. The monoisotopic (exact) mass is 297 g/mol. The molecule has 1 amide bonds. The van der Waals surface area contributed by atoms with Crippen LogP contribution in [0.5, 0.6) is 5.75 Å². The molecule has 0 spiro atoms. The van der Waals surface area contributed by atoms with Gasteiger partial charge in [-0.25, -0.2) is 0 Å². The van der Waals surface area contributed by atoms with Crippen LogP contribution < -0.4 is 10.1 Å². The lowest BCUT2D eigenvalue weighted by Crippen LogP contribution is -2.25. The SMILES string of the molecule is CCCCCOc1cccc(CCNC(=O)CCCl)c1. The minimum absolute atomic E-state index is 0.00645. The van der Waals surface area contributed by atoms with Crippen molar-refractivity contribution in [3.63, 3.8) is 0 Å². The van der Waals surface area contributed by atoms with Crippen molar-refractivity contribution in [2.75, 3.05) is 19.0 Å². The molecule has 3 nitrogen and oxygen atoms in total. The maximum absolute atomic E-state index is 11.3. The molecule has 1 aromatic carbocycles. The topological polar surface area (TPSA) is 38.3 Å². The largest absolute Gasteiger partial charge is 0.494 e. The van der Waals surface area contributed by atoms with Gasteiger partial charge in [0, 0.05) is 18.8 Å². The Morgan fingerprint density at radius 2 is 2.20 bits per heavy atom. The summed E-state index contributed by atoms with van der Waals surface area (Å²) in [5.41, 5.74) is 1.17. The molecule has 1 N–H and O–H groups in total. The van der Waals surface area contributed by atoms with Gasteiger partial charge in [0.1, 0.15) is 5.75 Å². The number of amides is 1. The van der Waals surface area contributed by atoms with Crippen molar-refractivity contribution < 1.29 is 9.53 Å². The van der Waals surface area contributed by atoms with E-state index in [4.69, 9.17) is 16.3 Å². The third-order valence-corrected chi connectivity index (χ3v) is 3.16. The molecule has 0 aliphatic carbocycles. The summed E-state index contributed by atoms with van der Waals surface area (Å²) >= 11 is 5.51. The summed E-state index contributed by atoms with van der Waals surface area (Å²) in [6.07, 6.45) is 4.68. The number of alkyl halides is 1. The van der Waals surface area contributed by atoms with Crippen molar-refractivity contribution >= 4 is 17.5 Å². The van der Waals surface area contributed by atoms with E-state index in [2.05, 4.69) is 12.2 Å². The van der Waals surface area contributed by atoms with Crippen molar-refractivity contribution in [3.05, 3.63) is 29.8 Å². The molecule has 0 fully saturated rings. The number of benzene rings is 1. The first kappa shape index (κ1) is 16.8. The van der Waals surface area contributed by atoms with E-state index >= 15 is 0 Å². The molecule has 0 aromatic heterocycles. The van der Waals surface area contributed by atoms with Gasteiger partial charge in [-0.15, -0.1) is 11.6 Å². The number of hydrogen-bond acceptors (Lipinski definition) is 2. The van der Waals surface area contributed by atoms with Crippen LogP contribution in [0.15, 0.2) is 24.3 Å². The minimum atomic E-state index is 0.00645. The molecule has 20 heavy (non-hydrogen) atoms. The molecule has 0 atom stereocenters. The number of carbonyl (C=O) groups is 1. The second kappa shape index (κ2) is 10.6. The van der Waals surface area contributed by atoms with Crippen LogP contribution in [-0.2, 0) is 11.2 Å². The molecule has 4 heteroatoms. The van der Waals surface area contributed by atoms with Crippen molar-refractivity contribution in [1.29, 1.82) is 0 Å². The average Bonchev–Trinajstić information content (AvgIpc) is 2.44. The molecule has 112 valence electrons. The van der Waals surface area contributed by atoms with Crippen LogP contribution in [0.25, 0.3) is 0 Å². The van der Waals surface area contributed by atoms with E-state index in [9.17, 15) is 4.79 Å². The summed E-state index contributed by atoms with van der Waals surface area (Å²) < 4.78 is 5.71. The fourth-order valence-corrected chi connectivity index (χ4v) is 2.02. The fraction of sp³-hybridized carbons (Fsp3) is 0.562. The Morgan fingerprint density at radius 1 is 1.35 bits per heavy atom. The first-order valence-electron chi connectivity index (χ1n) is 7.30. The number of nitrogens with one attached hydrogen (secondary N) is 1. The van der Waals surface area contributed by atoms with Crippen LogP contribution >= 0.6 is 11.6 Å². The third-order valence-electron chi connectivity index (χ3n) is 2.97. The number of carbonyl (C=O) groups excluding carboxylic acids is 1. The van der Waals surface area contributed by atoms with Gasteiger partial charge in [0.05, 0.1) is 6.61 Å². The van der Waals surface area contributed by atoms with Gasteiger partial charge >= 0.3 is 0 Å². The molecule has 0 unspecified atom stereocenters. The molecule has 0 heterocycles. The average molecular weight is 298 g/mol. The highest BCUT2D eigenvalue weighted by Crippen LogP contribution is 2.14. The van der Waals surface area contributed by atoms with E-state index in [0.717, 1.165) is 25.2 Å². The summed E-state index contributed by atoms with van der Waals surface area (Å²) in [4.78, 5) is 11.3. The van der Waals surface area contributed by atoms with E-state index in [1.165, 1.54) is 18.4 Å². The lowest BCUT2D eigenvalue weighted by molar-refractivity contribution is -0.120. The van der Waals surface area contributed by atoms with Gasteiger partial charge in [-0.3, -0.25) is 4.79 Å². The smallest absolute Gasteiger partial charge is 0.221 e. The van der Waals surface area contributed by atoms with Crippen LogP contribution in [0.4, 0.5) is 0 Å². The van der Waals surface area contributed by atoms with Crippen LogP contribution in [0.2, 0.25) is 0 Å².